The third kappa shape index (κ3) is 2.86. The summed E-state index contributed by atoms with van der Waals surface area (Å²) in [5.74, 6) is 0.853. The number of aromatic nitrogens is 4. The number of rotatable bonds is 5. The highest BCUT2D eigenvalue weighted by atomic mass is 16.1. The lowest BCUT2D eigenvalue weighted by atomic mass is 10.1. The molecule has 2 aromatic heterocycles. The number of hydrogen-bond acceptors (Lipinski definition) is 3. The lowest BCUT2D eigenvalue weighted by molar-refractivity contribution is 0.0953. The molecule has 0 spiro atoms. The summed E-state index contributed by atoms with van der Waals surface area (Å²) in [7, 11) is 0. The number of aromatic amines is 2. The summed E-state index contributed by atoms with van der Waals surface area (Å²) in [5.41, 5.74) is 5.12. The molecule has 2 heterocycles. The van der Waals surface area contributed by atoms with Crippen molar-refractivity contribution >= 4 is 16.9 Å². The number of benzene rings is 1. The van der Waals surface area contributed by atoms with Crippen LogP contribution in [0, 0.1) is 13.8 Å². The number of H-pyrrole nitrogens is 2. The summed E-state index contributed by atoms with van der Waals surface area (Å²) in [6.45, 7) is 4.79. The fourth-order valence-corrected chi connectivity index (χ4v) is 2.42. The maximum absolute atomic E-state index is 11.7. The lowest BCUT2D eigenvalue weighted by Gasteiger charge is -2.01. The zero-order chi connectivity index (χ0) is 15.5. The molecular formula is C16H19N5O. The fraction of sp³-hybridized carbons (Fsp3) is 0.312. The van der Waals surface area contributed by atoms with Gasteiger partial charge in [-0.3, -0.25) is 9.89 Å². The number of aryl methyl sites for hydroxylation is 3. The Labute approximate surface area is 128 Å². The molecule has 114 valence electrons. The zero-order valence-corrected chi connectivity index (χ0v) is 12.7. The van der Waals surface area contributed by atoms with E-state index < -0.39 is 0 Å². The first-order chi connectivity index (χ1) is 10.6. The Morgan fingerprint density at radius 3 is 2.95 bits per heavy atom. The zero-order valence-electron chi connectivity index (χ0n) is 12.7. The minimum Gasteiger partial charge on any atom is -0.352 e. The SMILES string of the molecule is Cc1ccc2[nH]c(CCCNC(=O)c3cn[nH]c3)nc2c1C. The molecule has 0 saturated heterocycles. The van der Waals surface area contributed by atoms with Crippen molar-refractivity contribution < 1.29 is 4.79 Å². The van der Waals surface area contributed by atoms with Gasteiger partial charge in [-0.05, 0) is 37.5 Å². The molecule has 0 bridgehead atoms. The van der Waals surface area contributed by atoms with Crippen molar-refractivity contribution in [3.8, 4) is 0 Å². The first kappa shape index (κ1) is 14.3. The van der Waals surface area contributed by atoms with Crippen LogP contribution in [0.15, 0.2) is 24.5 Å². The van der Waals surface area contributed by atoms with E-state index in [-0.39, 0.29) is 5.91 Å². The minimum absolute atomic E-state index is 0.107. The van der Waals surface area contributed by atoms with Crippen molar-refractivity contribution in [3.05, 3.63) is 47.0 Å². The van der Waals surface area contributed by atoms with Crippen molar-refractivity contribution in [1.82, 2.24) is 25.5 Å². The van der Waals surface area contributed by atoms with Gasteiger partial charge >= 0.3 is 0 Å². The Morgan fingerprint density at radius 1 is 1.32 bits per heavy atom. The highest BCUT2D eigenvalue weighted by molar-refractivity contribution is 5.93. The van der Waals surface area contributed by atoms with Gasteiger partial charge in [0.25, 0.3) is 5.91 Å². The van der Waals surface area contributed by atoms with E-state index in [4.69, 9.17) is 0 Å². The van der Waals surface area contributed by atoms with Gasteiger partial charge in [0.15, 0.2) is 0 Å². The number of carbonyl (C=O) groups excluding carboxylic acids is 1. The number of hydrogen-bond donors (Lipinski definition) is 3. The van der Waals surface area contributed by atoms with Gasteiger partial charge in [-0.25, -0.2) is 4.98 Å². The van der Waals surface area contributed by atoms with Gasteiger partial charge in [-0.15, -0.1) is 0 Å². The van der Waals surface area contributed by atoms with Crippen molar-refractivity contribution in [2.24, 2.45) is 0 Å². The van der Waals surface area contributed by atoms with E-state index in [0.29, 0.717) is 12.1 Å². The van der Waals surface area contributed by atoms with E-state index in [9.17, 15) is 4.79 Å². The molecule has 0 radical (unpaired) electrons. The lowest BCUT2D eigenvalue weighted by Crippen LogP contribution is -2.24. The predicted molar refractivity (Wildman–Crippen MR) is 84.8 cm³/mol. The molecule has 0 saturated carbocycles. The van der Waals surface area contributed by atoms with E-state index >= 15 is 0 Å². The number of carbonyl (C=O) groups is 1. The van der Waals surface area contributed by atoms with Gasteiger partial charge in [0.05, 0.1) is 22.8 Å². The van der Waals surface area contributed by atoms with Gasteiger partial charge < -0.3 is 10.3 Å². The molecule has 0 aliphatic carbocycles. The molecule has 6 heteroatoms. The first-order valence-electron chi connectivity index (χ1n) is 7.37. The third-order valence-electron chi connectivity index (χ3n) is 3.86. The minimum atomic E-state index is -0.107. The van der Waals surface area contributed by atoms with Crippen LogP contribution in [-0.2, 0) is 6.42 Å². The van der Waals surface area contributed by atoms with Crippen LogP contribution in [0.2, 0.25) is 0 Å². The molecule has 0 aliphatic rings. The molecule has 1 amide bonds. The fourth-order valence-electron chi connectivity index (χ4n) is 2.42. The second-order valence-corrected chi connectivity index (χ2v) is 5.43. The number of amides is 1. The van der Waals surface area contributed by atoms with E-state index in [2.05, 4.69) is 51.5 Å². The van der Waals surface area contributed by atoms with Crippen molar-refractivity contribution in [2.45, 2.75) is 26.7 Å². The molecule has 3 rings (SSSR count). The monoisotopic (exact) mass is 297 g/mol. The topological polar surface area (TPSA) is 86.5 Å². The van der Waals surface area contributed by atoms with E-state index in [1.54, 1.807) is 6.20 Å². The Morgan fingerprint density at radius 2 is 2.18 bits per heavy atom. The number of fused-ring (bicyclic) bond motifs is 1. The molecular weight excluding hydrogens is 278 g/mol. The summed E-state index contributed by atoms with van der Waals surface area (Å²) in [6.07, 6.45) is 4.74. The second kappa shape index (κ2) is 6.01. The second-order valence-electron chi connectivity index (χ2n) is 5.43. The van der Waals surface area contributed by atoms with Gasteiger partial charge in [0.2, 0.25) is 0 Å². The van der Waals surface area contributed by atoms with Crippen LogP contribution in [0.25, 0.3) is 11.0 Å². The summed E-state index contributed by atoms with van der Waals surface area (Å²) in [4.78, 5) is 19.7. The Bertz CT molecular complexity index is 788. The molecule has 22 heavy (non-hydrogen) atoms. The summed E-state index contributed by atoms with van der Waals surface area (Å²) >= 11 is 0. The van der Waals surface area contributed by atoms with Gasteiger partial charge in [0, 0.05) is 19.2 Å². The standard InChI is InChI=1S/C16H19N5O/c1-10-5-6-13-15(11(10)2)21-14(20-13)4-3-7-17-16(22)12-8-18-19-9-12/h5-6,8-9H,3-4,7H2,1-2H3,(H,17,22)(H,18,19)(H,20,21). The van der Waals surface area contributed by atoms with Crippen LogP contribution < -0.4 is 5.32 Å². The summed E-state index contributed by atoms with van der Waals surface area (Å²) in [6, 6.07) is 4.17. The van der Waals surface area contributed by atoms with Crippen molar-refractivity contribution in [2.75, 3.05) is 6.54 Å². The van der Waals surface area contributed by atoms with Crippen LogP contribution in [0.1, 0.15) is 33.7 Å². The molecule has 3 aromatic rings. The van der Waals surface area contributed by atoms with Crippen LogP contribution in [-0.4, -0.2) is 32.6 Å². The largest absolute Gasteiger partial charge is 0.352 e. The van der Waals surface area contributed by atoms with Crippen molar-refractivity contribution in [1.29, 1.82) is 0 Å². The first-order valence-corrected chi connectivity index (χ1v) is 7.37. The molecule has 0 unspecified atom stereocenters. The molecule has 1 aromatic carbocycles. The van der Waals surface area contributed by atoms with E-state index in [1.165, 1.54) is 17.3 Å². The molecule has 3 N–H and O–H groups in total. The normalized spacial score (nSPS) is 11.0. The number of imidazole rings is 1. The summed E-state index contributed by atoms with van der Waals surface area (Å²) in [5, 5.41) is 9.25. The molecule has 6 nitrogen and oxygen atoms in total. The maximum atomic E-state index is 11.7. The highest BCUT2D eigenvalue weighted by Gasteiger charge is 2.08. The number of nitrogens with zero attached hydrogens (tertiary/aromatic N) is 2. The van der Waals surface area contributed by atoms with Gasteiger partial charge in [0.1, 0.15) is 5.82 Å². The molecule has 0 fully saturated rings. The highest BCUT2D eigenvalue weighted by Crippen LogP contribution is 2.19. The maximum Gasteiger partial charge on any atom is 0.254 e. The van der Waals surface area contributed by atoms with E-state index in [0.717, 1.165) is 29.7 Å². The average molecular weight is 297 g/mol. The summed E-state index contributed by atoms with van der Waals surface area (Å²) < 4.78 is 0. The van der Waals surface area contributed by atoms with Crippen LogP contribution in [0.5, 0.6) is 0 Å². The smallest absolute Gasteiger partial charge is 0.254 e. The van der Waals surface area contributed by atoms with Gasteiger partial charge in [-0.2, -0.15) is 5.10 Å². The van der Waals surface area contributed by atoms with Gasteiger partial charge in [-0.1, -0.05) is 6.07 Å². The quantitative estimate of drug-likeness (QED) is 0.631. The Kier molecular flexibility index (Phi) is 3.91. The molecule has 0 aliphatic heterocycles. The van der Waals surface area contributed by atoms with E-state index in [1.807, 2.05) is 0 Å². The van der Waals surface area contributed by atoms with Crippen LogP contribution >= 0.6 is 0 Å². The predicted octanol–water partition coefficient (Wildman–Crippen LogP) is 2.27. The average Bonchev–Trinajstić information content (AvgIpc) is 3.16. The van der Waals surface area contributed by atoms with Crippen LogP contribution in [0.3, 0.4) is 0 Å². The molecule has 0 atom stereocenters. The third-order valence-corrected chi connectivity index (χ3v) is 3.86. The van der Waals surface area contributed by atoms with Crippen molar-refractivity contribution in [3.63, 3.8) is 0 Å². The Hall–Kier alpha value is -2.63. The Balaban J connectivity index is 1.56. The number of nitrogens with one attached hydrogen (secondary N) is 3. The van der Waals surface area contributed by atoms with Crippen LogP contribution in [0.4, 0.5) is 0 Å².